The molecule has 1 aliphatic rings. The first-order valence-corrected chi connectivity index (χ1v) is 7.12. The second-order valence-electron chi connectivity index (χ2n) is 5.15. The fourth-order valence-electron chi connectivity index (χ4n) is 2.34. The second-order valence-corrected chi connectivity index (χ2v) is 5.55. The summed E-state index contributed by atoms with van der Waals surface area (Å²) in [7, 11) is 0. The van der Waals surface area contributed by atoms with Crippen LogP contribution in [0.5, 0.6) is 0 Å². The van der Waals surface area contributed by atoms with E-state index in [9.17, 15) is 0 Å². The lowest BCUT2D eigenvalue weighted by molar-refractivity contribution is 0.547. The maximum Gasteiger partial charge on any atom is 0.0951 e. The Morgan fingerprint density at radius 1 is 1.42 bits per heavy atom. The Hall–Kier alpha value is -1.32. The molecule has 1 fully saturated rings. The Morgan fingerprint density at radius 2 is 2.21 bits per heavy atom. The summed E-state index contributed by atoms with van der Waals surface area (Å²) in [6.45, 7) is 2.96. The quantitative estimate of drug-likeness (QED) is 0.901. The maximum absolute atomic E-state index is 6.21. The van der Waals surface area contributed by atoms with Gasteiger partial charge in [-0.15, -0.1) is 0 Å². The Labute approximate surface area is 118 Å². The summed E-state index contributed by atoms with van der Waals surface area (Å²) in [5.74, 6) is 0. The van der Waals surface area contributed by atoms with Gasteiger partial charge < -0.3 is 9.88 Å². The van der Waals surface area contributed by atoms with E-state index in [0.717, 1.165) is 17.1 Å². The number of hydrogen-bond acceptors (Lipinski definition) is 2. The molecule has 100 valence electrons. The van der Waals surface area contributed by atoms with Gasteiger partial charge in [0, 0.05) is 29.8 Å². The highest BCUT2D eigenvalue weighted by Gasteiger charge is 2.25. The fourth-order valence-corrected chi connectivity index (χ4v) is 2.64. The summed E-state index contributed by atoms with van der Waals surface area (Å²) >= 11 is 6.21. The lowest BCUT2D eigenvalue weighted by atomic mass is 10.1. The number of halogens is 1. The first kappa shape index (κ1) is 12.7. The molecule has 1 aromatic heterocycles. The van der Waals surface area contributed by atoms with Crippen molar-refractivity contribution in [1.82, 2.24) is 14.9 Å². The van der Waals surface area contributed by atoms with Gasteiger partial charge in [-0.2, -0.15) is 0 Å². The predicted octanol–water partition coefficient (Wildman–Crippen LogP) is 3.72. The molecule has 1 aliphatic carbocycles. The highest BCUT2D eigenvalue weighted by Crippen LogP contribution is 2.35. The molecule has 0 spiro atoms. The van der Waals surface area contributed by atoms with Crippen LogP contribution in [0.25, 0.3) is 0 Å². The molecule has 2 aromatic rings. The number of imidazole rings is 1. The largest absolute Gasteiger partial charge is 0.330 e. The maximum atomic E-state index is 6.21. The van der Waals surface area contributed by atoms with E-state index < -0.39 is 0 Å². The van der Waals surface area contributed by atoms with E-state index in [0.29, 0.717) is 6.04 Å². The first-order chi connectivity index (χ1) is 9.25. The van der Waals surface area contributed by atoms with E-state index in [2.05, 4.69) is 27.9 Å². The van der Waals surface area contributed by atoms with Crippen molar-refractivity contribution < 1.29 is 0 Å². The van der Waals surface area contributed by atoms with E-state index >= 15 is 0 Å². The third-order valence-electron chi connectivity index (χ3n) is 3.65. The molecule has 4 heteroatoms. The molecule has 0 radical (unpaired) electrons. The summed E-state index contributed by atoms with van der Waals surface area (Å²) in [5.41, 5.74) is 2.39. The van der Waals surface area contributed by atoms with Crippen molar-refractivity contribution in [3.05, 3.63) is 53.1 Å². The molecule has 1 saturated carbocycles. The van der Waals surface area contributed by atoms with Crippen molar-refractivity contribution in [2.75, 3.05) is 0 Å². The van der Waals surface area contributed by atoms with Crippen LogP contribution in [0.15, 0.2) is 36.8 Å². The van der Waals surface area contributed by atoms with Crippen molar-refractivity contribution in [3.8, 4) is 0 Å². The van der Waals surface area contributed by atoms with Crippen molar-refractivity contribution >= 4 is 11.6 Å². The third-order valence-corrected chi connectivity index (χ3v) is 3.99. The van der Waals surface area contributed by atoms with Crippen molar-refractivity contribution in [3.63, 3.8) is 0 Å². The van der Waals surface area contributed by atoms with Crippen LogP contribution in [0, 0.1) is 0 Å². The molecule has 19 heavy (non-hydrogen) atoms. The highest BCUT2D eigenvalue weighted by molar-refractivity contribution is 6.31. The highest BCUT2D eigenvalue weighted by atomic mass is 35.5. The van der Waals surface area contributed by atoms with E-state index in [-0.39, 0.29) is 6.04 Å². The average Bonchev–Trinajstić information content (AvgIpc) is 3.15. The molecule has 3 rings (SSSR count). The number of nitrogens with zero attached hydrogens (tertiary/aromatic N) is 2. The summed E-state index contributed by atoms with van der Waals surface area (Å²) in [6, 6.07) is 8.89. The van der Waals surface area contributed by atoms with Crippen LogP contribution in [-0.2, 0) is 6.54 Å². The number of aromatic nitrogens is 2. The van der Waals surface area contributed by atoms with Gasteiger partial charge in [0.1, 0.15) is 0 Å². The van der Waals surface area contributed by atoms with Crippen LogP contribution >= 0.6 is 11.6 Å². The Balaban J connectivity index is 1.65. The van der Waals surface area contributed by atoms with Crippen LogP contribution in [0.1, 0.15) is 43.1 Å². The fraction of sp³-hybridized carbons (Fsp3) is 0.400. The van der Waals surface area contributed by atoms with Gasteiger partial charge in [0.05, 0.1) is 12.0 Å². The zero-order valence-electron chi connectivity index (χ0n) is 11.0. The molecule has 3 nitrogen and oxygen atoms in total. The summed E-state index contributed by atoms with van der Waals surface area (Å²) in [6.07, 6.45) is 6.45. The van der Waals surface area contributed by atoms with Gasteiger partial charge in [0.2, 0.25) is 0 Å². The van der Waals surface area contributed by atoms with Gasteiger partial charge in [-0.05, 0) is 31.4 Å². The summed E-state index contributed by atoms with van der Waals surface area (Å²) < 4.78 is 2.28. The van der Waals surface area contributed by atoms with Crippen LogP contribution in [0.2, 0.25) is 5.02 Å². The Morgan fingerprint density at radius 3 is 2.95 bits per heavy atom. The van der Waals surface area contributed by atoms with Crippen LogP contribution in [0.4, 0.5) is 0 Å². The monoisotopic (exact) mass is 275 g/mol. The second kappa shape index (κ2) is 5.35. The normalized spacial score (nSPS) is 16.5. The molecule has 0 saturated heterocycles. The van der Waals surface area contributed by atoms with Gasteiger partial charge in [-0.25, -0.2) is 4.98 Å². The topological polar surface area (TPSA) is 29.9 Å². The molecular weight excluding hydrogens is 258 g/mol. The molecule has 1 aromatic carbocycles. The van der Waals surface area contributed by atoms with Crippen molar-refractivity contribution in [2.45, 2.75) is 38.4 Å². The Kier molecular flexibility index (Phi) is 3.58. The predicted molar refractivity (Wildman–Crippen MR) is 77.2 cm³/mol. The minimum atomic E-state index is 0.233. The zero-order valence-corrected chi connectivity index (χ0v) is 11.8. The van der Waals surface area contributed by atoms with Gasteiger partial charge in [0.25, 0.3) is 0 Å². The standard InChI is InChI=1S/C15H18ClN3/c1-11(14-4-2-3-5-15(14)16)18-9-13-8-17-10-19(13)12-6-7-12/h2-5,8,10-12,18H,6-7,9H2,1H3. The van der Waals surface area contributed by atoms with Crippen molar-refractivity contribution in [2.24, 2.45) is 0 Å². The smallest absolute Gasteiger partial charge is 0.0951 e. The van der Waals surface area contributed by atoms with Crippen molar-refractivity contribution in [1.29, 1.82) is 0 Å². The van der Waals surface area contributed by atoms with Crippen LogP contribution < -0.4 is 5.32 Å². The van der Waals surface area contributed by atoms with E-state index in [1.165, 1.54) is 18.5 Å². The minimum absolute atomic E-state index is 0.233. The van der Waals surface area contributed by atoms with Gasteiger partial charge in [-0.3, -0.25) is 0 Å². The molecule has 0 bridgehead atoms. The molecule has 0 amide bonds. The molecule has 0 aliphatic heterocycles. The molecule has 1 N–H and O–H groups in total. The number of nitrogens with one attached hydrogen (secondary N) is 1. The zero-order chi connectivity index (χ0) is 13.2. The van der Waals surface area contributed by atoms with E-state index in [1.807, 2.05) is 30.7 Å². The number of rotatable bonds is 5. The SMILES string of the molecule is CC(NCc1cncn1C1CC1)c1ccccc1Cl. The number of hydrogen-bond donors (Lipinski definition) is 1. The van der Waals surface area contributed by atoms with Gasteiger partial charge >= 0.3 is 0 Å². The summed E-state index contributed by atoms with van der Waals surface area (Å²) in [4.78, 5) is 4.25. The van der Waals surface area contributed by atoms with Crippen LogP contribution in [0.3, 0.4) is 0 Å². The van der Waals surface area contributed by atoms with E-state index in [4.69, 9.17) is 11.6 Å². The molecule has 1 unspecified atom stereocenters. The third kappa shape index (κ3) is 2.82. The van der Waals surface area contributed by atoms with E-state index in [1.54, 1.807) is 0 Å². The molecular formula is C15H18ClN3. The van der Waals surface area contributed by atoms with Crippen LogP contribution in [-0.4, -0.2) is 9.55 Å². The lowest BCUT2D eigenvalue weighted by Crippen LogP contribution is -2.20. The molecule has 1 atom stereocenters. The average molecular weight is 276 g/mol. The Bertz CT molecular complexity index is 560. The van der Waals surface area contributed by atoms with Gasteiger partial charge in [-0.1, -0.05) is 29.8 Å². The summed E-state index contributed by atoms with van der Waals surface area (Å²) in [5, 5.41) is 4.34. The first-order valence-electron chi connectivity index (χ1n) is 6.74. The number of benzene rings is 1. The lowest BCUT2D eigenvalue weighted by Gasteiger charge is -2.16. The van der Waals surface area contributed by atoms with Gasteiger partial charge in [0.15, 0.2) is 0 Å². The minimum Gasteiger partial charge on any atom is -0.330 e. The molecule has 1 heterocycles.